The zero-order valence-electron chi connectivity index (χ0n) is 12.0. The van der Waals surface area contributed by atoms with E-state index in [1.165, 1.54) is 0 Å². The van der Waals surface area contributed by atoms with Gasteiger partial charge in [0.1, 0.15) is 5.82 Å². The molecule has 2 aliphatic rings. The predicted octanol–water partition coefficient (Wildman–Crippen LogP) is 3.27. The molecule has 2 heterocycles. The second-order valence-electron chi connectivity index (χ2n) is 6.00. The molecule has 2 fully saturated rings. The molecule has 0 aliphatic carbocycles. The fraction of sp³-hybridized carbons (Fsp3) is 0.625. The Kier molecular flexibility index (Phi) is 3.94. The maximum absolute atomic E-state index is 13.4. The first-order chi connectivity index (χ1) is 9.65. The van der Waals surface area contributed by atoms with Gasteiger partial charge in [0.2, 0.25) is 0 Å². The molecule has 0 bridgehead atoms. The predicted molar refractivity (Wildman–Crippen MR) is 76.5 cm³/mol. The number of hydrogen-bond acceptors (Lipinski definition) is 3. The van der Waals surface area contributed by atoms with Crippen molar-refractivity contribution >= 4 is 5.69 Å². The summed E-state index contributed by atoms with van der Waals surface area (Å²) >= 11 is 0. The molecule has 20 heavy (non-hydrogen) atoms. The van der Waals surface area contributed by atoms with Gasteiger partial charge in [0, 0.05) is 31.5 Å². The SMILES string of the molecule is Cc1cc(F)cc(NC2CCOC3(CCOCC3)C2)c1. The van der Waals surface area contributed by atoms with Crippen LogP contribution in [0.5, 0.6) is 0 Å². The minimum absolute atomic E-state index is 0.0312. The summed E-state index contributed by atoms with van der Waals surface area (Å²) < 4.78 is 24.9. The van der Waals surface area contributed by atoms with E-state index in [2.05, 4.69) is 5.32 Å². The molecule has 3 nitrogen and oxygen atoms in total. The van der Waals surface area contributed by atoms with E-state index >= 15 is 0 Å². The molecule has 1 spiro atoms. The Labute approximate surface area is 119 Å². The Hall–Kier alpha value is -1.13. The van der Waals surface area contributed by atoms with Crippen molar-refractivity contribution in [1.82, 2.24) is 0 Å². The molecular weight excluding hydrogens is 257 g/mol. The van der Waals surface area contributed by atoms with Crippen LogP contribution in [0.3, 0.4) is 0 Å². The van der Waals surface area contributed by atoms with Crippen molar-refractivity contribution in [3.8, 4) is 0 Å². The zero-order chi connectivity index (χ0) is 14.0. The molecule has 2 aliphatic heterocycles. The molecule has 3 rings (SSSR count). The van der Waals surface area contributed by atoms with Crippen molar-refractivity contribution in [2.24, 2.45) is 0 Å². The highest BCUT2D eigenvalue weighted by Gasteiger charge is 2.38. The van der Waals surface area contributed by atoms with Crippen molar-refractivity contribution in [2.45, 2.75) is 44.2 Å². The van der Waals surface area contributed by atoms with Gasteiger partial charge in [0.05, 0.1) is 5.60 Å². The van der Waals surface area contributed by atoms with Crippen LogP contribution in [0, 0.1) is 12.7 Å². The molecule has 0 radical (unpaired) electrons. The average molecular weight is 279 g/mol. The Morgan fingerprint density at radius 3 is 2.75 bits per heavy atom. The van der Waals surface area contributed by atoms with Crippen molar-refractivity contribution in [2.75, 3.05) is 25.1 Å². The number of nitrogens with one attached hydrogen (secondary N) is 1. The Balaban J connectivity index is 1.67. The van der Waals surface area contributed by atoms with E-state index in [-0.39, 0.29) is 11.4 Å². The number of hydrogen-bond donors (Lipinski definition) is 1. The summed E-state index contributed by atoms with van der Waals surface area (Å²) in [5.41, 5.74) is 1.79. The second-order valence-corrected chi connectivity index (χ2v) is 6.00. The number of anilines is 1. The highest BCUT2D eigenvalue weighted by Crippen LogP contribution is 2.35. The van der Waals surface area contributed by atoms with Crippen LogP contribution in [0.25, 0.3) is 0 Å². The monoisotopic (exact) mass is 279 g/mol. The average Bonchev–Trinajstić information content (AvgIpc) is 2.38. The molecule has 1 atom stereocenters. The molecule has 1 aromatic carbocycles. The lowest BCUT2D eigenvalue weighted by Crippen LogP contribution is -2.47. The Morgan fingerprint density at radius 2 is 2.00 bits per heavy atom. The van der Waals surface area contributed by atoms with Crippen LogP contribution in [0.2, 0.25) is 0 Å². The quantitative estimate of drug-likeness (QED) is 0.901. The van der Waals surface area contributed by atoms with Crippen molar-refractivity contribution < 1.29 is 13.9 Å². The van der Waals surface area contributed by atoms with Crippen molar-refractivity contribution in [3.63, 3.8) is 0 Å². The third-order valence-electron chi connectivity index (χ3n) is 4.31. The number of aryl methyl sites for hydroxylation is 1. The van der Waals surface area contributed by atoms with Gasteiger partial charge < -0.3 is 14.8 Å². The molecule has 2 saturated heterocycles. The van der Waals surface area contributed by atoms with E-state index in [0.717, 1.165) is 56.8 Å². The largest absolute Gasteiger partial charge is 0.382 e. The molecule has 1 N–H and O–H groups in total. The van der Waals surface area contributed by atoms with Gasteiger partial charge in [0.15, 0.2) is 0 Å². The summed E-state index contributed by atoms with van der Waals surface area (Å²) in [4.78, 5) is 0. The summed E-state index contributed by atoms with van der Waals surface area (Å²) in [6, 6.07) is 5.46. The van der Waals surface area contributed by atoms with Gasteiger partial charge >= 0.3 is 0 Å². The van der Waals surface area contributed by atoms with Crippen molar-refractivity contribution in [1.29, 1.82) is 0 Å². The van der Waals surface area contributed by atoms with E-state index in [0.29, 0.717) is 6.04 Å². The third kappa shape index (κ3) is 3.13. The van der Waals surface area contributed by atoms with Gasteiger partial charge in [-0.2, -0.15) is 0 Å². The lowest BCUT2D eigenvalue weighted by atomic mass is 9.84. The fourth-order valence-corrected chi connectivity index (χ4v) is 3.30. The maximum Gasteiger partial charge on any atom is 0.125 e. The van der Waals surface area contributed by atoms with Gasteiger partial charge in [-0.1, -0.05) is 0 Å². The van der Waals surface area contributed by atoms with E-state index < -0.39 is 0 Å². The Morgan fingerprint density at radius 1 is 1.20 bits per heavy atom. The molecule has 0 aromatic heterocycles. The first-order valence-corrected chi connectivity index (χ1v) is 7.41. The van der Waals surface area contributed by atoms with Crippen LogP contribution >= 0.6 is 0 Å². The van der Waals surface area contributed by atoms with Crippen LogP contribution in [0.1, 0.15) is 31.2 Å². The summed E-state index contributed by atoms with van der Waals surface area (Å²) in [5, 5.41) is 3.47. The maximum atomic E-state index is 13.4. The summed E-state index contributed by atoms with van der Waals surface area (Å²) in [7, 11) is 0. The summed E-state index contributed by atoms with van der Waals surface area (Å²) in [6.45, 7) is 4.25. The first kappa shape index (κ1) is 13.8. The van der Waals surface area contributed by atoms with Crippen molar-refractivity contribution in [3.05, 3.63) is 29.6 Å². The molecule has 0 saturated carbocycles. The summed E-state index contributed by atoms with van der Waals surface area (Å²) in [5.74, 6) is -0.180. The van der Waals surface area contributed by atoms with Gasteiger partial charge in [-0.25, -0.2) is 4.39 Å². The number of rotatable bonds is 2. The van der Waals surface area contributed by atoms with E-state index in [9.17, 15) is 4.39 Å². The Bertz CT molecular complexity index is 446. The van der Waals surface area contributed by atoms with Crippen LogP contribution in [0.15, 0.2) is 18.2 Å². The molecule has 4 heteroatoms. The van der Waals surface area contributed by atoms with Gasteiger partial charge in [-0.15, -0.1) is 0 Å². The van der Waals surface area contributed by atoms with E-state index in [1.54, 1.807) is 12.1 Å². The molecule has 1 aromatic rings. The van der Waals surface area contributed by atoms with E-state index in [1.807, 2.05) is 13.0 Å². The lowest BCUT2D eigenvalue weighted by molar-refractivity contribution is -0.135. The normalized spacial score (nSPS) is 25.6. The lowest BCUT2D eigenvalue weighted by Gasteiger charge is -2.43. The zero-order valence-corrected chi connectivity index (χ0v) is 12.0. The van der Waals surface area contributed by atoms with Gasteiger partial charge in [0.25, 0.3) is 0 Å². The molecule has 110 valence electrons. The standard InChI is InChI=1S/C16H22FNO2/c1-12-8-13(17)10-15(9-12)18-14-2-5-20-16(11-14)3-6-19-7-4-16/h8-10,14,18H,2-7,11H2,1H3. The van der Waals surface area contributed by atoms with Gasteiger partial charge in [-0.05, 0) is 56.4 Å². The minimum Gasteiger partial charge on any atom is -0.382 e. The topological polar surface area (TPSA) is 30.5 Å². The van der Waals surface area contributed by atoms with Crippen LogP contribution in [-0.2, 0) is 9.47 Å². The molecular formula is C16H22FNO2. The van der Waals surface area contributed by atoms with Gasteiger partial charge in [-0.3, -0.25) is 0 Å². The second kappa shape index (κ2) is 5.70. The smallest absolute Gasteiger partial charge is 0.125 e. The number of ether oxygens (including phenoxy) is 2. The number of benzene rings is 1. The number of halogens is 1. The molecule has 0 amide bonds. The van der Waals surface area contributed by atoms with E-state index in [4.69, 9.17) is 9.47 Å². The molecule has 1 unspecified atom stereocenters. The highest BCUT2D eigenvalue weighted by molar-refractivity contribution is 5.47. The highest BCUT2D eigenvalue weighted by atomic mass is 19.1. The third-order valence-corrected chi connectivity index (χ3v) is 4.31. The minimum atomic E-state index is -0.180. The summed E-state index contributed by atoms with van der Waals surface area (Å²) in [6.07, 6.45) is 3.88. The van der Waals surface area contributed by atoms with Crippen LogP contribution in [-0.4, -0.2) is 31.5 Å². The first-order valence-electron chi connectivity index (χ1n) is 7.41. The van der Waals surface area contributed by atoms with Crippen LogP contribution < -0.4 is 5.32 Å². The fourth-order valence-electron chi connectivity index (χ4n) is 3.30. The van der Waals surface area contributed by atoms with Crippen LogP contribution in [0.4, 0.5) is 10.1 Å².